The molecule has 1 unspecified atom stereocenters. The lowest BCUT2D eigenvalue weighted by molar-refractivity contribution is 0.566. The van der Waals surface area contributed by atoms with Crippen LogP contribution >= 0.6 is 11.3 Å². The summed E-state index contributed by atoms with van der Waals surface area (Å²) in [6.07, 6.45) is 3.21. The Morgan fingerprint density at radius 2 is 2.15 bits per heavy atom. The fourth-order valence-electron chi connectivity index (χ4n) is 1.70. The molecule has 0 aliphatic heterocycles. The normalized spacial score (nSPS) is 13.1. The first-order valence-corrected chi connectivity index (χ1v) is 8.51. The minimum atomic E-state index is -3.65. The van der Waals surface area contributed by atoms with Gasteiger partial charge < -0.3 is 5.32 Å². The van der Waals surface area contributed by atoms with Crippen LogP contribution in [0, 0.1) is 0 Å². The van der Waals surface area contributed by atoms with Gasteiger partial charge in [-0.15, -0.1) is 11.3 Å². The Morgan fingerprint density at radius 1 is 1.35 bits per heavy atom. The van der Waals surface area contributed by atoms with E-state index in [1.807, 2.05) is 12.3 Å². The maximum Gasteiger partial charge on any atom is 0.244 e. The molecule has 2 heterocycles. The lowest BCUT2D eigenvalue weighted by Crippen LogP contribution is -2.27. The topological polar surface area (TPSA) is 84.0 Å². The average Bonchev–Trinajstić information content (AvgIpc) is 2.93. The molecule has 0 amide bonds. The number of nitrogens with zero attached hydrogens (tertiary/aromatic N) is 2. The van der Waals surface area contributed by atoms with E-state index in [4.69, 9.17) is 0 Å². The van der Waals surface area contributed by atoms with E-state index in [1.165, 1.54) is 17.4 Å². The van der Waals surface area contributed by atoms with Gasteiger partial charge in [-0.3, -0.25) is 0 Å². The zero-order chi connectivity index (χ0) is 14.6. The Balaban J connectivity index is 2.27. The maximum absolute atomic E-state index is 12.4. The second-order valence-electron chi connectivity index (χ2n) is 4.09. The van der Waals surface area contributed by atoms with Gasteiger partial charge >= 0.3 is 0 Å². The summed E-state index contributed by atoms with van der Waals surface area (Å²) in [5, 5.41) is 5.49. The smallest absolute Gasteiger partial charge is 0.244 e. The molecule has 0 saturated heterocycles. The fraction of sp³-hybridized carbons (Fsp3) is 0.333. The van der Waals surface area contributed by atoms with Gasteiger partial charge in [0.05, 0.1) is 6.04 Å². The molecule has 0 fully saturated rings. The first-order valence-electron chi connectivity index (χ1n) is 6.15. The fourth-order valence-corrected chi connectivity index (χ4v) is 3.76. The summed E-state index contributed by atoms with van der Waals surface area (Å²) in [4.78, 5) is 8.32. The third-order valence-corrected chi connectivity index (χ3v) is 5.09. The van der Waals surface area contributed by atoms with Crippen LogP contribution in [-0.2, 0) is 10.0 Å². The van der Waals surface area contributed by atoms with Crippen molar-refractivity contribution in [1.82, 2.24) is 14.7 Å². The molecule has 8 heteroatoms. The third-order valence-electron chi connectivity index (χ3n) is 2.56. The summed E-state index contributed by atoms with van der Waals surface area (Å²) in [6, 6.07) is 2.75. The van der Waals surface area contributed by atoms with E-state index in [9.17, 15) is 8.42 Å². The number of thiazole rings is 1. The van der Waals surface area contributed by atoms with Crippen molar-refractivity contribution in [2.75, 3.05) is 11.9 Å². The van der Waals surface area contributed by atoms with Crippen molar-refractivity contribution in [1.29, 1.82) is 0 Å². The van der Waals surface area contributed by atoms with E-state index in [1.54, 1.807) is 25.4 Å². The molecule has 20 heavy (non-hydrogen) atoms. The highest BCUT2D eigenvalue weighted by Crippen LogP contribution is 2.22. The summed E-state index contributed by atoms with van der Waals surface area (Å²) in [5.41, 5.74) is 0. The molecule has 0 aromatic carbocycles. The molecule has 1 atom stereocenters. The van der Waals surface area contributed by atoms with E-state index in [0.717, 1.165) is 5.01 Å². The first kappa shape index (κ1) is 14.9. The van der Waals surface area contributed by atoms with E-state index in [-0.39, 0.29) is 10.9 Å². The van der Waals surface area contributed by atoms with Gasteiger partial charge in [0.25, 0.3) is 0 Å². The predicted octanol–water partition coefficient (Wildman–Crippen LogP) is 2.01. The SMILES string of the molecule is CCNc1ncccc1S(=O)(=O)NC(C)c1nccs1. The number of rotatable bonds is 6. The number of aromatic nitrogens is 2. The number of sulfonamides is 1. The van der Waals surface area contributed by atoms with E-state index in [0.29, 0.717) is 12.4 Å². The lowest BCUT2D eigenvalue weighted by Gasteiger charge is -2.14. The summed E-state index contributed by atoms with van der Waals surface area (Å²) >= 11 is 1.41. The van der Waals surface area contributed by atoms with Crippen LogP contribution in [0.5, 0.6) is 0 Å². The number of nitrogens with one attached hydrogen (secondary N) is 2. The minimum absolute atomic E-state index is 0.144. The Morgan fingerprint density at radius 3 is 2.80 bits per heavy atom. The van der Waals surface area contributed by atoms with Gasteiger partial charge in [0.1, 0.15) is 15.7 Å². The Bertz CT molecular complexity index is 656. The molecule has 2 N–H and O–H groups in total. The molecule has 2 aromatic rings. The molecule has 0 radical (unpaired) electrons. The zero-order valence-electron chi connectivity index (χ0n) is 11.2. The number of pyridine rings is 1. The predicted molar refractivity (Wildman–Crippen MR) is 79.3 cm³/mol. The zero-order valence-corrected chi connectivity index (χ0v) is 12.8. The quantitative estimate of drug-likeness (QED) is 0.852. The number of hydrogen-bond donors (Lipinski definition) is 2. The Labute approximate surface area is 122 Å². The van der Waals surface area contributed by atoms with Crippen LogP contribution in [0.3, 0.4) is 0 Å². The first-order chi connectivity index (χ1) is 9.54. The lowest BCUT2D eigenvalue weighted by atomic mass is 10.4. The molecular formula is C12H16N4O2S2. The highest BCUT2D eigenvalue weighted by molar-refractivity contribution is 7.89. The van der Waals surface area contributed by atoms with Gasteiger partial charge in [0.15, 0.2) is 0 Å². The molecule has 0 saturated carbocycles. The molecule has 0 spiro atoms. The molecule has 0 bridgehead atoms. The van der Waals surface area contributed by atoms with Crippen molar-refractivity contribution in [3.8, 4) is 0 Å². The van der Waals surface area contributed by atoms with Crippen LogP contribution in [0.15, 0.2) is 34.8 Å². The van der Waals surface area contributed by atoms with Crippen LogP contribution in [-0.4, -0.2) is 24.9 Å². The largest absolute Gasteiger partial charge is 0.369 e. The maximum atomic E-state index is 12.4. The second kappa shape index (κ2) is 6.29. The van der Waals surface area contributed by atoms with Crippen molar-refractivity contribution in [3.05, 3.63) is 34.9 Å². The van der Waals surface area contributed by atoms with E-state index in [2.05, 4.69) is 20.0 Å². The molecule has 108 valence electrons. The summed E-state index contributed by atoms with van der Waals surface area (Å²) in [5.74, 6) is 0.355. The molecule has 2 rings (SSSR count). The van der Waals surface area contributed by atoms with Gasteiger partial charge in [-0.25, -0.2) is 23.1 Å². The van der Waals surface area contributed by atoms with Crippen molar-refractivity contribution < 1.29 is 8.42 Å². The van der Waals surface area contributed by atoms with Crippen molar-refractivity contribution in [3.63, 3.8) is 0 Å². The Hall–Kier alpha value is -1.51. The van der Waals surface area contributed by atoms with Crippen LogP contribution in [0.2, 0.25) is 0 Å². The van der Waals surface area contributed by atoms with Gasteiger partial charge in [-0.1, -0.05) is 0 Å². The number of anilines is 1. The van der Waals surface area contributed by atoms with Crippen LogP contribution in [0.1, 0.15) is 24.9 Å². The summed E-state index contributed by atoms with van der Waals surface area (Å²) < 4.78 is 27.5. The highest BCUT2D eigenvalue weighted by atomic mass is 32.2. The highest BCUT2D eigenvalue weighted by Gasteiger charge is 2.23. The molecule has 2 aromatic heterocycles. The van der Waals surface area contributed by atoms with Crippen LogP contribution in [0.25, 0.3) is 0 Å². The number of hydrogen-bond acceptors (Lipinski definition) is 6. The van der Waals surface area contributed by atoms with Gasteiger partial charge in [0, 0.05) is 24.3 Å². The van der Waals surface area contributed by atoms with Crippen LogP contribution in [0.4, 0.5) is 5.82 Å². The molecule has 6 nitrogen and oxygen atoms in total. The summed E-state index contributed by atoms with van der Waals surface area (Å²) in [7, 11) is -3.65. The van der Waals surface area contributed by atoms with Gasteiger partial charge in [-0.2, -0.15) is 0 Å². The van der Waals surface area contributed by atoms with Crippen LogP contribution < -0.4 is 10.0 Å². The van der Waals surface area contributed by atoms with Gasteiger partial charge in [-0.05, 0) is 26.0 Å². The third kappa shape index (κ3) is 3.33. The van der Waals surface area contributed by atoms with Crippen molar-refractivity contribution >= 4 is 27.2 Å². The van der Waals surface area contributed by atoms with Gasteiger partial charge in [0.2, 0.25) is 10.0 Å². The second-order valence-corrected chi connectivity index (χ2v) is 6.70. The van der Waals surface area contributed by atoms with E-state index >= 15 is 0 Å². The molecule has 0 aliphatic rings. The molecular weight excluding hydrogens is 296 g/mol. The molecule has 0 aliphatic carbocycles. The minimum Gasteiger partial charge on any atom is -0.369 e. The average molecular weight is 312 g/mol. The standard InChI is InChI=1S/C12H16N4O2S2/c1-3-13-11-10(5-4-6-14-11)20(17,18)16-9(2)12-15-7-8-19-12/h4-9,16H,3H2,1-2H3,(H,13,14). The van der Waals surface area contributed by atoms with Crippen molar-refractivity contribution in [2.45, 2.75) is 24.8 Å². The van der Waals surface area contributed by atoms with E-state index < -0.39 is 10.0 Å². The van der Waals surface area contributed by atoms with Crippen molar-refractivity contribution in [2.24, 2.45) is 0 Å². The summed E-state index contributed by atoms with van der Waals surface area (Å²) in [6.45, 7) is 4.25. The monoisotopic (exact) mass is 312 g/mol. The Kier molecular flexibility index (Phi) is 4.69.